The van der Waals surface area contributed by atoms with E-state index in [2.05, 4.69) is 311 Å². The van der Waals surface area contributed by atoms with Gasteiger partial charge in [-0.1, -0.05) is 182 Å². The maximum absolute atomic E-state index is 6.38. The minimum atomic E-state index is 0.616. The first kappa shape index (κ1) is 56.2. The minimum Gasteiger partial charge on any atom is -0.456 e. The Bertz CT molecular complexity index is 6980. The number of rotatable bonds is 9. The van der Waals surface area contributed by atoms with Crippen LogP contribution < -0.4 is 0 Å². The van der Waals surface area contributed by atoms with Gasteiger partial charge >= 0.3 is 0 Å². The van der Waals surface area contributed by atoms with Gasteiger partial charge in [-0.05, 0) is 185 Å². The molecule has 102 heavy (non-hydrogen) atoms. The molecule has 0 amide bonds. The molecule has 474 valence electrons. The van der Waals surface area contributed by atoms with Crippen molar-refractivity contribution in [2.24, 2.45) is 0 Å². The van der Waals surface area contributed by atoms with Gasteiger partial charge < -0.3 is 27.0 Å². The number of aromatic nitrogens is 5. The molecule has 0 aliphatic carbocycles. The van der Waals surface area contributed by atoms with Crippen LogP contribution in [0, 0.1) is 0 Å². The van der Waals surface area contributed by atoms with Crippen LogP contribution in [0.2, 0.25) is 0 Å². The van der Waals surface area contributed by atoms with Gasteiger partial charge in [-0.25, -0.2) is 9.97 Å². The summed E-state index contributed by atoms with van der Waals surface area (Å²) in [7, 11) is 0. The Morgan fingerprint density at radius 3 is 0.922 bits per heavy atom. The van der Waals surface area contributed by atoms with Crippen molar-refractivity contribution < 1.29 is 13.3 Å². The first-order valence-electron chi connectivity index (χ1n) is 34.6. The average molecular weight is 1300 g/mol. The number of nitrogens with zero attached hydrogens (tertiary/aromatic N) is 5. The van der Waals surface area contributed by atoms with Gasteiger partial charge in [-0.15, -0.1) is 0 Å². The Labute approximate surface area is 582 Å². The predicted molar refractivity (Wildman–Crippen MR) is 419 cm³/mol. The summed E-state index contributed by atoms with van der Waals surface area (Å²) in [6.07, 6.45) is 0. The number of hydrogen-bond acceptors (Lipinski definition) is 5. The smallest absolute Gasteiger partial charge is 0.160 e. The molecule has 8 heteroatoms. The maximum atomic E-state index is 6.38. The number of para-hydroxylation sites is 6. The van der Waals surface area contributed by atoms with E-state index in [-0.39, 0.29) is 0 Å². The second kappa shape index (κ2) is 21.8. The Kier molecular flexibility index (Phi) is 12.0. The van der Waals surface area contributed by atoms with Crippen LogP contribution in [0.3, 0.4) is 0 Å². The fourth-order valence-corrected chi connectivity index (χ4v) is 16.3. The molecule has 0 radical (unpaired) electrons. The Morgan fingerprint density at radius 2 is 0.490 bits per heavy atom. The molecule has 22 aromatic rings. The molecule has 0 saturated carbocycles. The zero-order chi connectivity index (χ0) is 66.7. The van der Waals surface area contributed by atoms with Crippen LogP contribution in [0.4, 0.5) is 0 Å². The van der Waals surface area contributed by atoms with Crippen LogP contribution in [-0.4, -0.2) is 23.7 Å². The van der Waals surface area contributed by atoms with Crippen molar-refractivity contribution in [3.05, 3.63) is 334 Å². The first-order chi connectivity index (χ1) is 50.5. The molecule has 22 rings (SSSR count). The lowest BCUT2D eigenvalue weighted by Gasteiger charge is -2.14. The van der Waals surface area contributed by atoms with E-state index < -0.39 is 0 Å². The molecule has 8 nitrogen and oxygen atoms in total. The largest absolute Gasteiger partial charge is 0.456 e. The molecule has 0 bridgehead atoms. The van der Waals surface area contributed by atoms with E-state index in [9.17, 15) is 0 Å². The van der Waals surface area contributed by atoms with Gasteiger partial charge in [0.1, 0.15) is 33.5 Å². The van der Waals surface area contributed by atoms with Gasteiger partial charge in [-0.2, -0.15) is 0 Å². The molecular formula is C94H55N5O3. The quantitative estimate of drug-likeness (QED) is 0.144. The molecule has 0 spiro atoms. The highest BCUT2D eigenvalue weighted by molar-refractivity contribution is 6.15. The van der Waals surface area contributed by atoms with Crippen LogP contribution in [0.25, 0.3) is 216 Å². The van der Waals surface area contributed by atoms with Crippen molar-refractivity contribution in [1.29, 1.82) is 0 Å². The van der Waals surface area contributed by atoms with Crippen LogP contribution in [0.1, 0.15) is 0 Å². The highest BCUT2D eigenvalue weighted by Crippen LogP contribution is 2.43. The molecule has 15 aromatic carbocycles. The second-order valence-electron chi connectivity index (χ2n) is 26.8. The molecule has 7 heterocycles. The lowest BCUT2D eigenvalue weighted by atomic mass is 10.0. The van der Waals surface area contributed by atoms with E-state index in [1.165, 1.54) is 26.9 Å². The van der Waals surface area contributed by atoms with Gasteiger partial charge in [-0.3, -0.25) is 0 Å². The second-order valence-corrected chi connectivity index (χ2v) is 26.8. The number of hydrogen-bond donors (Lipinski definition) is 0. The summed E-state index contributed by atoms with van der Waals surface area (Å²) in [6, 6.07) is 120. The first-order valence-corrected chi connectivity index (χ1v) is 34.6. The summed E-state index contributed by atoms with van der Waals surface area (Å²) in [5.74, 6) is 0.616. The SMILES string of the molecule is c1cc(-c2cc(-c3ccc(-n4c5ccccc5c5cc(-c6ccc7c(c6)oc6ccccc67)ccc54)cc3)nc(-c3cccc(-n4c5ccccc5c5cc(-c6ccc7c(c6)oc6ccccc67)ccc54)c3)n2)cc(-n2c3ccccc3c3cc(-c4ccc5c(c4)oc4ccccc45)ccc32)c1. The number of fused-ring (bicyclic) bond motifs is 18. The van der Waals surface area contributed by atoms with Crippen molar-refractivity contribution in [2.75, 3.05) is 0 Å². The monoisotopic (exact) mass is 1300 g/mol. The normalized spacial score (nSPS) is 12.1. The number of furan rings is 3. The topological polar surface area (TPSA) is 80.0 Å². The molecule has 0 atom stereocenters. The summed E-state index contributed by atoms with van der Waals surface area (Å²) >= 11 is 0. The minimum absolute atomic E-state index is 0.616. The molecular weight excluding hydrogens is 1250 g/mol. The molecule has 0 saturated heterocycles. The van der Waals surface area contributed by atoms with Crippen LogP contribution in [0.15, 0.2) is 347 Å². The third-order valence-electron chi connectivity index (χ3n) is 21.1. The Hall–Kier alpha value is -13.8. The van der Waals surface area contributed by atoms with Gasteiger partial charge in [0, 0.05) is 98.4 Å². The number of benzene rings is 15. The van der Waals surface area contributed by atoms with Gasteiger partial charge in [0.05, 0.1) is 44.5 Å². The predicted octanol–water partition coefficient (Wildman–Crippen LogP) is 25.5. The van der Waals surface area contributed by atoms with Crippen molar-refractivity contribution >= 4 is 131 Å². The van der Waals surface area contributed by atoms with Crippen LogP contribution in [-0.2, 0) is 0 Å². The third kappa shape index (κ3) is 8.69. The fraction of sp³-hybridized carbons (Fsp3) is 0. The van der Waals surface area contributed by atoms with Crippen LogP contribution >= 0.6 is 0 Å². The van der Waals surface area contributed by atoms with Crippen molar-refractivity contribution in [3.8, 4) is 84.3 Å². The summed E-state index contributed by atoms with van der Waals surface area (Å²) < 4.78 is 26.2. The van der Waals surface area contributed by atoms with Gasteiger partial charge in [0.2, 0.25) is 0 Å². The van der Waals surface area contributed by atoms with Gasteiger partial charge in [0.25, 0.3) is 0 Å². The lowest BCUT2D eigenvalue weighted by Crippen LogP contribution is -1.99. The van der Waals surface area contributed by atoms with Gasteiger partial charge in [0.15, 0.2) is 5.82 Å². The van der Waals surface area contributed by atoms with Crippen molar-refractivity contribution in [1.82, 2.24) is 23.7 Å². The highest BCUT2D eigenvalue weighted by Gasteiger charge is 2.22. The molecule has 0 fully saturated rings. The summed E-state index contributed by atoms with van der Waals surface area (Å²) in [4.78, 5) is 11.1. The van der Waals surface area contributed by atoms with E-state index in [1.54, 1.807) is 0 Å². The Balaban J connectivity index is 0.668. The molecule has 0 aliphatic heterocycles. The summed E-state index contributed by atoms with van der Waals surface area (Å²) in [5.41, 5.74) is 26.2. The fourth-order valence-electron chi connectivity index (χ4n) is 16.3. The van der Waals surface area contributed by atoms with E-state index in [4.69, 9.17) is 23.2 Å². The molecule has 0 N–H and O–H groups in total. The molecule has 7 aromatic heterocycles. The third-order valence-corrected chi connectivity index (χ3v) is 21.1. The standard InChI is InChI=1S/C94H55N5O3/c1-7-25-82-68(19-1)77-49-57(60-33-41-74-71-22-4-10-28-88(71)100-91(74)52-60)36-44-85(77)97(82)65-39-31-56(32-40-65)80-55-81(63-15-13-17-66(47-63)98-83-26-8-2-20-69(83)78-50-58(37-45-86(78)98)61-34-42-75-72-23-5-11-29-89(72)101-92(75)53-61)96-94(95-80)64-16-14-18-67(48-64)99-84-27-9-3-21-70(84)79-51-59(38-46-87(79)99)62-35-43-76-73-24-6-12-30-90(73)102-93(76)54-62/h1-55H. The summed E-state index contributed by atoms with van der Waals surface area (Å²) in [5, 5.41) is 13.8. The Morgan fingerprint density at radius 1 is 0.176 bits per heavy atom. The molecule has 0 unspecified atom stereocenters. The highest BCUT2D eigenvalue weighted by atomic mass is 16.3. The van der Waals surface area contributed by atoms with E-state index in [1.807, 2.05) is 36.4 Å². The van der Waals surface area contributed by atoms with Crippen molar-refractivity contribution in [3.63, 3.8) is 0 Å². The maximum Gasteiger partial charge on any atom is 0.160 e. The zero-order valence-corrected chi connectivity index (χ0v) is 54.7. The lowest BCUT2D eigenvalue weighted by molar-refractivity contribution is 0.668. The van der Waals surface area contributed by atoms with E-state index in [0.717, 1.165) is 183 Å². The summed E-state index contributed by atoms with van der Waals surface area (Å²) in [6.45, 7) is 0. The zero-order valence-electron chi connectivity index (χ0n) is 54.7. The average Bonchev–Trinajstić information content (AvgIpc) is 1.58. The van der Waals surface area contributed by atoms with Crippen molar-refractivity contribution in [2.45, 2.75) is 0 Å². The molecule has 0 aliphatic rings. The van der Waals surface area contributed by atoms with Crippen LogP contribution in [0.5, 0.6) is 0 Å². The van der Waals surface area contributed by atoms with E-state index in [0.29, 0.717) is 5.82 Å². The van der Waals surface area contributed by atoms with E-state index >= 15 is 0 Å².